The highest BCUT2D eigenvalue weighted by molar-refractivity contribution is 7.14. The van der Waals surface area contributed by atoms with E-state index in [0.717, 1.165) is 16.8 Å². The molecule has 0 aliphatic heterocycles. The number of carbonyl (C=O) groups is 2. The van der Waals surface area contributed by atoms with Crippen LogP contribution in [0.3, 0.4) is 0 Å². The second kappa shape index (κ2) is 8.28. The van der Waals surface area contributed by atoms with Crippen molar-refractivity contribution in [1.82, 2.24) is 15.3 Å². The van der Waals surface area contributed by atoms with Crippen molar-refractivity contribution in [2.24, 2.45) is 0 Å². The molecule has 2 heterocycles. The Kier molecular flexibility index (Phi) is 5.83. The summed E-state index contributed by atoms with van der Waals surface area (Å²) in [7, 11) is 0. The minimum Gasteiger partial charge on any atom is -0.350 e. The highest BCUT2D eigenvalue weighted by Gasteiger charge is 2.12. The summed E-state index contributed by atoms with van der Waals surface area (Å²) in [5.74, 6) is -0.432. The molecule has 1 aromatic carbocycles. The number of amides is 2. The van der Waals surface area contributed by atoms with Gasteiger partial charge in [-0.25, -0.2) is 4.98 Å². The van der Waals surface area contributed by atoms with Crippen LogP contribution >= 0.6 is 22.9 Å². The monoisotopic (exact) mass is 400 g/mol. The van der Waals surface area contributed by atoms with Gasteiger partial charge in [0.05, 0.1) is 11.7 Å². The summed E-state index contributed by atoms with van der Waals surface area (Å²) in [6.45, 7) is 3.42. The molecule has 27 heavy (non-hydrogen) atoms. The van der Waals surface area contributed by atoms with Crippen molar-refractivity contribution in [1.29, 1.82) is 0 Å². The highest BCUT2D eigenvalue weighted by Crippen LogP contribution is 2.26. The smallest absolute Gasteiger partial charge is 0.276 e. The van der Waals surface area contributed by atoms with E-state index in [2.05, 4.69) is 20.6 Å². The molecule has 3 rings (SSSR count). The fraction of sp³-hybridized carbons (Fsp3) is 0.158. The molecule has 0 fully saturated rings. The van der Waals surface area contributed by atoms with E-state index in [1.54, 1.807) is 6.07 Å². The van der Waals surface area contributed by atoms with E-state index in [1.807, 2.05) is 36.6 Å². The van der Waals surface area contributed by atoms with Gasteiger partial charge in [-0.1, -0.05) is 35.9 Å². The molecule has 3 aromatic rings. The van der Waals surface area contributed by atoms with Crippen molar-refractivity contribution in [3.63, 3.8) is 0 Å². The van der Waals surface area contributed by atoms with Crippen molar-refractivity contribution in [2.45, 2.75) is 19.9 Å². The zero-order valence-electron chi connectivity index (χ0n) is 14.7. The molecule has 2 aromatic heterocycles. The second-order valence-electron chi connectivity index (χ2n) is 5.90. The lowest BCUT2D eigenvalue weighted by Crippen LogP contribution is -2.23. The van der Waals surface area contributed by atoms with Crippen molar-refractivity contribution in [3.05, 3.63) is 64.3 Å². The summed E-state index contributed by atoms with van der Waals surface area (Å²) in [5.41, 5.74) is 2.92. The largest absolute Gasteiger partial charge is 0.350 e. The van der Waals surface area contributed by atoms with Crippen LogP contribution in [-0.2, 0) is 4.79 Å². The first-order valence-corrected chi connectivity index (χ1v) is 9.44. The van der Waals surface area contributed by atoms with Crippen LogP contribution in [0.4, 0.5) is 5.13 Å². The van der Waals surface area contributed by atoms with Crippen LogP contribution in [0.5, 0.6) is 0 Å². The van der Waals surface area contributed by atoms with Gasteiger partial charge in [-0.05, 0) is 24.6 Å². The van der Waals surface area contributed by atoms with E-state index in [0.29, 0.717) is 10.2 Å². The number of anilines is 1. The van der Waals surface area contributed by atoms with Crippen LogP contribution in [0.25, 0.3) is 11.3 Å². The van der Waals surface area contributed by atoms with E-state index in [4.69, 9.17) is 11.6 Å². The Balaban J connectivity index is 1.70. The van der Waals surface area contributed by atoms with Gasteiger partial charge < -0.3 is 5.32 Å². The van der Waals surface area contributed by atoms with Crippen LogP contribution in [0.1, 0.15) is 35.9 Å². The molecule has 138 valence electrons. The molecule has 0 saturated heterocycles. The number of pyridine rings is 1. The maximum atomic E-state index is 12.2. The topological polar surface area (TPSA) is 84.0 Å². The predicted molar refractivity (Wildman–Crippen MR) is 107 cm³/mol. The summed E-state index contributed by atoms with van der Waals surface area (Å²) in [6, 6.07) is 10.8. The fourth-order valence-electron chi connectivity index (χ4n) is 2.48. The van der Waals surface area contributed by atoms with Crippen LogP contribution in [0, 0.1) is 0 Å². The maximum Gasteiger partial charge on any atom is 0.276 e. The zero-order chi connectivity index (χ0) is 19.4. The predicted octanol–water partition coefficient (Wildman–Crippen LogP) is 4.31. The van der Waals surface area contributed by atoms with Crippen molar-refractivity contribution in [3.8, 4) is 11.3 Å². The summed E-state index contributed by atoms with van der Waals surface area (Å²) in [6.07, 6.45) is 1.48. The second-order valence-corrected chi connectivity index (χ2v) is 7.19. The number of aromatic nitrogens is 2. The molecule has 2 N–H and O–H groups in total. The van der Waals surface area contributed by atoms with E-state index < -0.39 is 0 Å². The molecule has 1 atom stereocenters. The Labute approximate surface area is 165 Å². The Morgan fingerprint density at radius 1 is 1.19 bits per heavy atom. The Morgan fingerprint density at radius 3 is 2.59 bits per heavy atom. The van der Waals surface area contributed by atoms with Gasteiger partial charge >= 0.3 is 0 Å². The lowest BCUT2D eigenvalue weighted by Gasteiger charge is -2.12. The molecule has 8 heteroatoms. The Bertz CT molecular complexity index is 972. The first-order chi connectivity index (χ1) is 12.9. The third kappa shape index (κ3) is 4.90. The molecule has 2 amide bonds. The third-order valence-corrected chi connectivity index (χ3v) is 4.80. The summed E-state index contributed by atoms with van der Waals surface area (Å²) in [4.78, 5) is 31.8. The zero-order valence-corrected chi connectivity index (χ0v) is 16.3. The fourth-order valence-corrected chi connectivity index (χ4v) is 3.36. The quantitative estimate of drug-likeness (QED) is 0.668. The van der Waals surface area contributed by atoms with Gasteiger partial charge in [0.15, 0.2) is 5.13 Å². The van der Waals surface area contributed by atoms with E-state index in [-0.39, 0.29) is 23.6 Å². The number of hydrogen-bond donors (Lipinski definition) is 2. The summed E-state index contributed by atoms with van der Waals surface area (Å²) in [5, 5.41) is 8.37. The number of nitrogens with one attached hydrogen (secondary N) is 2. The van der Waals surface area contributed by atoms with Crippen LogP contribution in [0.15, 0.2) is 48.0 Å². The maximum absolute atomic E-state index is 12.2. The van der Waals surface area contributed by atoms with Crippen molar-refractivity contribution >= 4 is 39.9 Å². The van der Waals surface area contributed by atoms with Gasteiger partial charge in [-0.3, -0.25) is 19.9 Å². The Hall–Kier alpha value is -2.77. The average molecular weight is 401 g/mol. The summed E-state index contributed by atoms with van der Waals surface area (Å²) >= 11 is 7.21. The van der Waals surface area contributed by atoms with Gasteiger partial charge in [0, 0.05) is 29.1 Å². The SMILES string of the molecule is CC(=O)NC(C)c1ccc(-c2csc(NC(=O)c3cc(Cl)ccn3)n2)cc1. The normalized spacial score (nSPS) is 11.7. The van der Waals surface area contributed by atoms with Crippen molar-refractivity contribution < 1.29 is 9.59 Å². The molecule has 0 saturated carbocycles. The number of halogens is 1. The van der Waals surface area contributed by atoms with Gasteiger partial charge in [-0.2, -0.15) is 0 Å². The number of benzene rings is 1. The Morgan fingerprint density at radius 2 is 1.93 bits per heavy atom. The third-order valence-electron chi connectivity index (χ3n) is 3.81. The van der Waals surface area contributed by atoms with Gasteiger partial charge in [0.25, 0.3) is 5.91 Å². The molecule has 0 aliphatic rings. The average Bonchev–Trinajstić information content (AvgIpc) is 3.09. The minimum absolute atomic E-state index is 0.0629. The van der Waals surface area contributed by atoms with Crippen molar-refractivity contribution in [2.75, 3.05) is 5.32 Å². The molecular formula is C19H17ClN4O2S. The molecule has 0 radical (unpaired) electrons. The molecule has 0 spiro atoms. The lowest BCUT2D eigenvalue weighted by atomic mass is 10.1. The van der Waals surface area contributed by atoms with Gasteiger partial charge in [-0.15, -0.1) is 11.3 Å². The van der Waals surface area contributed by atoms with Crippen LogP contribution in [0.2, 0.25) is 5.02 Å². The molecule has 0 aliphatic carbocycles. The summed E-state index contributed by atoms with van der Waals surface area (Å²) < 4.78 is 0. The van der Waals surface area contributed by atoms with E-state index in [9.17, 15) is 9.59 Å². The number of rotatable bonds is 5. The van der Waals surface area contributed by atoms with E-state index >= 15 is 0 Å². The highest BCUT2D eigenvalue weighted by atomic mass is 35.5. The van der Waals surface area contributed by atoms with Gasteiger partial charge in [0.2, 0.25) is 5.91 Å². The number of hydrogen-bond acceptors (Lipinski definition) is 5. The van der Waals surface area contributed by atoms with Gasteiger partial charge in [0.1, 0.15) is 5.69 Å². The molecule has 0 bridgehead atoms. The molecule has 1 unspecified atom stereocenters. The van der Waals surface area contributed by atoms with Crippen LogP contribution in [-0.4, -0.2) is 21.8 Å². The van der Waals surface area contributed by atoms with Crippen LogP contribution < -0.4 is 10.6 Å². The minimum atomic E-state index is -0.363. The number of thiazole rings is 1. The number of carbonyl (C=O) groups excluding carboxylic acids is 2. The van der Waals surface area contributed by atoms with E-state index in [1.165, 1.54) is 30.5 Å². The first-order valence-electron chi connectivity index (χ1n) is 8.18. The first kappa shape index (κ1) is 19.0. The molecular weight excluding hydrogens is 384 g/mol. The standard InChI is InChI=1S/C19H17ClN4O2S/c1-11(22-12(2)25)13-3-5-14(6-4-13)17-10-27-19(23-17)24-18(26)16-9-15(20)7-8-21-16/h3-11H,1-2H3,(H,22,25)(H,23,24,26). The lowest BCUT2D eigenvalue weighted by molar-refractivity contribution is -0.119. The number of nitrogens with zero attached hydrogens (tertiary/aromatic N) is 2. The molecule has 6 nitrogen and oxygen atoms in total.